The summed E-state index contributed by atoms with van der Waals surface area (Å²) in [6, 6.07) is 7.69. The molecule has 128 valence electrons. The van der Waals surface area contributed by atoms with Crippen molar-refractivity contribution in [1.29, 1.82) is 5.26 Å². The van der Waals surface area contributed by atoms with Gasteiger partial charge in [-0.25, -0.2) is 13.6 Å². The summed E-state index contributed by atoms with van der Waals surface area (Å²) in [6.45, 7) is 0. The summed E-state index contributed by atoms with van der Waals surface area (Å²) in [5.74, 6) is -0.405. The van der Waals surface area contributed by atoms with Crippen molar-refractivity contribution in [2.24, 2.45) is 5.14 Å². The van der Waals surface area contributed by atoms with E-state index in [1.165, 1.54) is 36.9 Å². The Morgan fingerprint density at radius 3 is 2.38 bits per heavy atom. The minimum absolute atomic E-state index is 0.00687. The van der Waals surface area contributed by atoms with Crippen molar-refractivity contribution in [3.63, 3.8) is 0 Å². The van der Waals surface area contributed by atoms with Crippen LogP contribution in [0.15, 0.2) is 40.9 Å². The molecule has 1 aromatic carbocycles. The van der Waals surface area contributed by atoms with E-state index in [9.17, 15) is 13.2 Å². The predicted molar refractivity (Wildman–Crippen MR) is 90.1 cm³/mol. The lowest BCUT2D eigenvalue weighted by Gasteiger charge is -2.22. The molecule has 1 aromatic rings. The summed E-state index contributed by atoms with van der Waals surface area (Å²) in [4.78, 5) is 12.1. The van der Waals surface area contributed by atoms with Crippen LogP contribution in [-0.4, -0.2) is 20.4 Å². The average Bonchev–Trinajstić information content (AvgIpc) is 2.56. The third kappa shape index (κ3) is 5.08. The number of carbonyl (C=O) groups excluding carboxylic acids is 1. The number of carbonyl (C=O) groups is 1. The van der Waals surface area contributed by atoms with Crippen molar-refractivity contribution in [3.05, 3.63) is 36.0 Å². The molecule has 1 aliphatic carbocycles. The van der Waals surface area contributed by atoms with Gasteiger partial charge in [0.2, 0.25) is 10.0 Å². The number of anilines is 1. The first-order chi connectivity index (χ1) is 11.4. The second-order valence-electron chi connectivity index (χ2n) is 5.69. The Morgan fingerprint density at radius 1 is 1.21 bits per heavy atom. The molecule has 1 saturated carbocycles. The second kappa shape index (κ2) is 7.95. The molecule has 1 aliphatic rings. The van der Waals surface area contributed by atoms with Crippen LogP contribution < -0.4 is 15.8 Å². The zero-order valence-electron chi connectivity index (χ0n) is 13.2. The van der Waals surface area contributed by atoms with Crippen molar-refractivity contribution >= 4 is 21.6 Å². The van der Waals surface area contributed by atoms with Gasteiger partial charge >= 0.3 is 0 Å². The van der Waals surface area contributed by atoms with Crippen LogP contribution in [0.5, 0.6) is 0 Å². The fourth-order valence-corrected chi connectivity index (χ4v) is 3.07. The molecule has 8 heteroatoms. The molecule has 1 amide bonds. The number of primary sulfonamides is 1. The third-order valence-electron chi connectivity index (χ3n) is 3.87. The highest BCUT2D eigenvalue weighted by molar-refractivity contribution is 7.89. The zero-order chi connectivity index (χ0) is 17.6. The minimum Gasteiger partial charge on any atom is -0.360 e. The molecule has 0 heterocycles. The van der Waals surface area contributed by atoms with Crippen molar-refractivity contribution in [2.75, 3.05) is 5.32 Å². The Bertz CT molecular complexity index is 758. The zero-order valence-corrected chi connectivity index (χ0v) is 14.0. The molecule has 2 rings (SSSR count). The van der Waals surface area contributed by atoms with Crippen molar-refractivity contribution in [3.8, 4) is 6.07 Å². The highest BCUT2D eigenvalue weighted by Crippen LogP contribution is 2.18. The van der Waals surface area contributed by atoms with E-state index in [0.717, 1.165) is 25.7 Å². The first-order valence-corrected chi connectivity index (χ1v) is 9.25. The van der Waals surface area contributed by atoms with Crippen LogP contribution in [0.1, 0.15) is 32.1 Å². The maximum Gasteiger partial charge on any atom is 0.263 e. The summed E-state index contributed by atoms with van der Waals surface area (Å²) in [5, 5.41) is 19.8. The van der Waals surface area contributed by atoms with E-state index in [1.54, 1.807) is 0 Å². The van der Waals surface area contributed by atoms with Crippen molar-refractivity contribution < 1.29 is 13.2 Å². The fourth-order valence-electron chi connectivity index (χ4n) is 2.56. The van der Waals surface area contributed by atoms with Gasteiger partial charge < -0.3 is 10.6 Å². The molecule has 0 aromatic heterocycles. The van der Waals surface area contributed by atoms with Gasteiger partial charge in [-0.2, -0.15) is 5.26 Å². The molecule has 0 saturated heterocycles. The molecular formula is C16H20N4O3S. The van der Waals surface area contributed by atoms with Gasteiger partial charge in [0.1, 0.15) is 11.6 Å². The molecule has 0 aliphatic heterocycles. The van der Waals surface area contributed by atoms with Crippen LogP contribution in [0.2, 0.25) is 0 Å². The van der Waals surface area contributed by atoms with Crippen molar-refractivity contribution in [2.45, 2.75) is 43.0 Å². The summed E-state index contributed by atoms with van der Waals surface area (Å²) in [6.07, 6.45) is 6.55. The molecule has 24 heavy (non-hydrogen) atoms. The molecule has 0 unspecified atom stereocenters. The lowest BCUT2D eigenvalue weighted by Crippen LogP contribution is -2.37. The van der Waals surface area contributed by atoms with Crippen LogP contribution >= 0.6 is 0 Å². The first-order valence-electron chi connectivity index (χ1n) is 7.70. The maximum atomic E-state index is 12.1. The van der Waals surface area contributed by atoms with Gasteiger partial charge in [0.25, 0.3) is 5.91 Å². The predicted octanol–water partition coefficient (Wildman–Crippen LogP) is 1.60. The number of nitrogens with one attached hydrogen (secondary N) is 2. The second-order valence-corrected chi connectivity index (χ2v) is 7.25. The van der Waals surface area contributed by atoms with Crippen LogP contribution in [0, 0.1) is 11.3 Å². The van der Waals surface area contributed by atoms with Crippen LogP contribution in [0.4, 0.5) is 5.69 Å². The van der Waals surface area contributed by atoms with Gasteiger partial charge in [-0.3, -0.25) is 4.79 Å². The summed E-state index contributed by atoms with van der Waals surface area (Å²) in [7, 11) is -3.75. The summed E-state index contributed by atoms with van der Waals surface area (Å²) in [5.41, 5.74) is 0.511. The topological polar surface area (TPSA) is 125 Å². The van der Waals surface area contributed by atoms with E-state index in [4.69, 9.17) is 10.4 Å². The monoisotopic (exact) mass is 348 g/mol. The van der Waals surface area contributed by atoms with E-state index >= 15 is 0 Å². The molecule has 1 fully saturated rings. The van der Waals surface area contributed by atoms with Gasteiger partial charge in [0.15, 0.2) is 0 Å². The highest BCUT2D eigenvalue weighted by Gasteiger charge is 2.18. The summed E-state index contributed by atoms with van der Waals surface area (Å²) < 4.78 is 22.4. The van der Waals surface area contributed by atoms with E-state index in [2.05, 4.69) is 10.6 Å². The first kappa shape index (κ1) is 18.0. The lowest BCUT2D eigenvalue weighted by molar-refractivity contribution is -0.118. The molecular weight excluding hydrogens is 328 g/mol. The smallest absolute Gasteiger partial charge is 0.263 e. The SMILES string of the molecule is N#C/C(=C/Nc1ccc(S(N)(=O)=O)cc1)C(=O)NC1CCCCC1. The third-order valence-corrected chi connectivity index (χ3v) is 4.80. The molecule has 0 radical (unpaired) electrons. The van der Waals surface area contributed by atoms with Gasteiger partial charge in [-0.1, -0.05) is 19.3 Å². The van der Waals surface area contributed by atoms with Gasteiger partial charge in [-0.15, -0.1) is 0 Å². The molecule has 4 N–H and O–H groups in total. The van der Waals surface area contributed by atoms with E-state index in [-0.39, 0.29) is 16.5 Å². The number of nitrogens with two attached hydrogens (primary N) is 1. The van der Waals surface area contributed by atoms with Crippen LogP contribution in [0.25, 0.3) is 0 Å². The number of nitriles is 1. The van der Waals surface area contributed by atoms with Crippen LogP contribution in [0.3, 0.4) is 0 Å². The molecule has 0 spiro atoms. The Kier molecular flexibility index (Phi) is 5.95. The molecule has 7 nitrogen and oxygen atoms in total. The van der Waals surface area contributed by atoms with Gasteiger partial charge in [0.05, 0.1) is 4.90 Å². The number of nitrogens with zero attached hydrogens (tertiary/aromatic N) is 1. The minimum atomic E-state index is -3.75. The average molecular weight is 348 g/mol. The van der Waals surface area contributed by atoms with Gasteiger partial charge in [-0.05, 0) is 37.1 Å². The molecule has 0 atom stereocenters. The number of sulfonamides is 1. The van der Waals surface area contributed by atoms with E-state index in [0.29, 0.717) is 5.69 Å². The normalized spacial score (nSPS) is 16.2. The number of benzene rings is 1. The van der Waals surface area contributed by atoms with Gasteiger partial charge in [0, 0.05) is 17.9 Å². The molecule has 0 bridgehead atoms. The number of amides is 1. The maximum absolute atomic E-state index is 12.1. The largest absolute Gasteiger partial charge is 0.360 e. The fraction of sp³-hybridized carbons (Fsp3) is 0.375. The number of hydrogen-bond acceptors (Lipinski definition) is 5. The Labute approximate surface area is 141 Å². The van der Waals surface area contributed by atoms with Crippen molar-refractivity contribution in [1.82, 2.24) is 5.32 Å². The number of hydrogen-bond donors (Lipinski definition) is 3. The Balaban J connectivity index is 1.99. The van der Waals surface area contributed by atoms with E-state index < -0.39 is 15.9 Å². The lowest BCUT2D eigenvalue weighted by atomic mass is 9.95. The highest BCUT2D eigenvalue weighted by atomic mass is 32.2. The number of rotatable bonds is 5. The summed E-state index contributed by atoms with van der Waals surface area (Å²) >= 11 is 0. The quantitative estimate of drug-likeness (QED) is 0.550. The Morgan fingerprint density at radius 2 is 1.83 bits per heavy atom. The standard InChI is InChI=1S/C16H20N4O3S/c17-10-12(16(21)20-14-4-2-1-3-5-14)11-19-13-6-8-15(9-7-13)24(18,22)23/h6-9,11,14,19H,1-5H2,(H,20,21)(H2,18,22,23)/b12-11-. The van der Waals surface area contributed by atoms with Crippen LogP contribution in [-0.2, 0) is 14.8 Å². The Hall–Kier alpha value is -2.37. The van der Waals surface area contributed by atoms with E-state index in [1.807, 2.05) is 6.07 Å².